The maximum atomic E-state index is 5.80. The fourth-order valence-corrected chi connectivity index (χ4v) is 2.16. The molecule has 1 atom stereocenters. The number of hydrogen-bond acceptors (Lipinski definition) is 3. The molecule has 0 spiro atoms. The Kier molecular flexibility index (Phi) is 7.21. The molecule has 2 nitrogen and oxygen atoms in total. The first-order valence-corrected chi connectivity index (χ1v) is 7.12. The molecule has 0 aliphatic carbocycles. The van der Waals surface area contributed by atoms with Gasteiger partial charge in [-0.1, -0.05) is 26.0 Å². The lowest BCUT2D eigenvalue weighted by atomic mass is 9.99. The van der Waals surface area contributed by atoms with E-state index in [4.69, 9.17) is 9.47 Å². The van der Waals surface area contributed by atoms with Gasteiger partial charge in [-0.2, -0.15) is 12.6 Å². The van der Waals surface area contributed by atoms with Gasteiger partial charge in [-0.15, -0.1) is 0 Å². The highest BCUT2D eigenvalue weighted by atomic mass is 32.1. The molecule has 0 aromatic heterocycles. The van der Waals surface area contributed by atoms with Crippen molar-refractivity contribution in [3.8, 4) is 5.75 Å². The van der Waals surface area contributed by atoms with Crippen molar-refractivity contribution in [2.45, 2.75) is 20.3 Å². The van der Waals surface area contributed by atoms with Crippen molar-refractivity contribution < 1.29 is 9.47 Å². The summed E-state index contributed by atoms with van der Waals surface area (Å²) in [6.45, 7) is 5.91. The molecule has 0 saturated heterocycles. The molecule has 0 aliphatic heterocycles. The van der Waals surface area contributed by atoms with E-state index in [-0.39, 0.29) is 0 Å². The second-order valence-electron chi connectivity index (χ2n) is 4.88. The molecule has 1 unspecified atom stereocenters. The third-order valence-electron chi connectivity index (χ3n) is 3.16. The van der Waals surface area contributed by atoms with Crippen LogP contribution in [0.1, 0.15) is 19.4 Å². The van der Waals surface area contributed by atoms with Crippen LogP contribution in [0, 0.1) is 11.8 Å². The summed E-state index contributed by atoms with van der Waals surface area (Å²) in [6.07, 6.45) is 0.946. The molecule has 0 radical (unpaired) electrons. The normalized spacial score (nSPS) is 12.7. The van der Waals surface area contributed by atoms with E-state index in [9.17, 15) is 0 Å². The molecule has 1 aromatic rings. The summed E-state index contributed by atoms with van der Waals surface area (Å²) in [4.78, 5) is 0. The Morgan fingerprint density at radius 3 is 2.33 bits per heavy atom. The van der Waals surface area contributed by atoms with Crippen LogP contribution in [-0.2, 0) is 11.2 Å². The minimum Gasteiger partial charge on any atom is -0.493 e. The van der Waals surface area contributed by atoms with Crippen molar-refractivity contribution in [2.75, 3.05) is 26.1 Å². The quantitative estimate of drug-likeness (QED) is 0.728. The predicted octanol–water partition coefficient (Wildman–Crippen LogP) is 3.46. The van der Waals surface area contributed by atoms with Crippen LogP contribution in [0.2, 0.25) is 0 Å². The van der Waals surface area contributed by atoms with E-state index in [1.165, 1.54) is 5.56 Å². The van der Waals surface area contributed by atoms with Crippen LogP contribution in [0.15, 0.2) is 24.3 Å². The van der Waals surface area contributed by atoms with Crippen LogP contribution < -0.4 is 4.74 Å². The molecule has 0 amide bonds. The monoisotopic (exact) mass is 268 g/mol. The van der Waals surface area contributed by atoms with Gasteiger partial charge in [0.1, 0.15) is 5.75 Å². The van der Waals surface area contributed by atoms with Crippen LogP contribution >= 0.6 is 12.6 Å². The SMILES string of the molecule is COCCc1ccc(OCC(CS)C(C)C)cc1. The molecule has 0 bridgehead atoms. The number of thiol groups is 1. The van der Waals surface area contributed by atoms with Gasteiger partial charge in [0.15, 0.2) is 0 Å². The number of methoxy groups -OCH3 is 1. The highest BCUT2D eigenvalue weighted by Crippen LogP contribution is 2.17. The number of rotatable bonds is 8. The minimum atomic E-state index is 0.501. The van der Waals surface area contributed by atoms with Gasteiger partial charge in [-0.3, -0.25) is 0 Å². The number of benzene rings is 1. The zero-order valence-corrected chi connectivity index (χ0v) is 12.5. The highest BCUT2D eigenvalue weighted by molar-refractivity contribution is 7.80. The maximum absolute atomic E-state index is 5.80. The average molecular weight is 268 g/mol. The molecule has 18 heavy (non-hydrogen) atoms. The van der Waals surface area contributed by atoms with E-state index < -0.39 is 0 Å². The zero-order chi connectivity index (χ0) is 13.4. The Morgan fingerprint density at radius 2 is 1.83 bits per heavy atom. The fraction of sp³-hybridized carbons (Fsp3) is 0.600. The summed E-state index contributed by atoms with van der Waals surface area (Å²) >= 11 is 4.36. The lowest BCUT2D eigenvalue weighted by Gasteiger charge is -2.19. The molecule has 0 aliphatic rings. The lowest BCUT2D eigenvalue weighted by Crippen LogP contribution is -2.19. The van der Waals surface area contributed by atoms with Gasteiger partial charge < -0.3 is 9.47 Å². The molecule has 0 fully saturated rings. The van der Waals surface area contributed by atoms with Crippen molar-refractivity contribution in [1.82, 2.24) is 0 Å². The van der Waals surface area contributed by atoms with E-state index in [0.717, 1.165) is 31.1 Å². The third-order valence-corrected chi connectivity index (χ3v) is 3.63. The molecule has 0 saturated carbocycles. The summed E-state index contributed by atoms with van der Waals surface area (Å²) in [5.74, 6) is 2.90. The van der Waals surface area contributed by atoms with E-state index in [1.807, 2.05) is 12.1 Å². The van der Waals surface area contributed by atoms with E-state index in [2.05, 4.69) is 38.6 Å². The largest absolute Gasteiger partial charge is 0.493 e. The molecule has 0 heterocycles. The van der Waals surface area contributed by atoms with Gasteiger partial charge >= 0.3 is 0 Å². The molecule has 1 rings (SSSR count). The Hall–Kier alpha value is -0.670. The van der Waals surface area contributed by atoms with Gasteiger partial charge in [0, 0.05) is 13.0 Å². The van der Waals surface area contributed by atoms with Gasteiger partial charge in [-0.05, 0) is 35.8 Å². The van der Waals surface area contributed by atoms with Gasteiger partial charge in [0.2, 0.25) is 0 Å². The minimum absolute atomic E-state index is 0.501. The van der Waals surface area contributed by atoms with Crippen LogP contribution in [-0.4, -0.2) is 26.1 Å². The predicted molar refractivity (Wildman–Crippen MR) is 79.7 cm³/mol. The van der Waals surface area contributed by atoms with E-state index >= 15 is 0 Å². The molecule has 102 valence electrons. The first kappa shape index (κ1) is 15.4. The van der Waals surface area contributed by atoms with Gasteiger partial charge in [0.25, 0.3) is 0 Å². The Bertz CT molecular complexity index is 322. The topological polar surface area (TPSA) is 18.5 Å². The smallest absolute Gasteiger partial charge is 0.119 e. The average Bonchev–Trinajstić information content (AvgIpc) is 2.38. The summed E-state index contributed by atoms with van der Waals surface area (Å²) in [6, 6.07) is 8.25. The maximum Gasteiger partial charge on any atom is 0.119 e. The van der Waals surface area contributed by atoms with Crippen molar-refractivity contribution in [3.05, 3.63) is 29.8 Å². The molecular weight excluding hydrogens is 244 g/mol. The van der Waals surface area contributed by atoms with Crippen molar-refractivity contribution in [1.29, 1.82) is 0 Å². The second kappa shape index (κ2) is 8.44. The van der Waals surface area contributed by atoms with Crippen LogP contribution in [0.4, 0.5) is 0 Å². The number of ether oxygens (including phenoxy) is 2. The standard InChI is InChI=1S/C15H24O2S/c1-12(2)14(11-18)10-17-15-6-4-13(5-7-15)8-9-16-3/h4-7,12,14,18H,8-11H2,1-3H3. The molecule has 3 heteroatoms. The van der Waals surface area contributed by atoms with E-state index in [1.54, 1.807) is 7.11 Å². The van der Waals surface area contributed by atoms with Crippen LogP contribution in [0.5, 0.6) is 5.75 Å². The summed E-state index contributed by atoms with van der Waals surface area (Å²) in [5.41, 5.74) is 1.28. The van der Waals surface area contributed by atoms with Crippen LogP contribution in [0.25, 0.3) is 0 Å². The Balaban J connectivity index is 2.43. The summed E-state index contributed by atoms with van der Waals surface area (Å²) in [7, 11) is 1.72. The van der Waals surface area contributed by atoms with Gasteiger partial charge in [0.05, 0.1) is 13.2 Å². The molecule has 0 N–H and O–H groups in total. The van der Waals surface area contributed by atoms with Crippen LogP contribution in [0.3, 0.4) is 0 Å². The third kappa shape index (κ3) is 5.32. The van der Waals surface area contributed by atoms with Crippen molar-refractivity contribution >= 4 is 12.6 Å². The highest BCUT2D eigenvalue weighted by Gasteiger charge is 2.12. The Morgan fingerprint density at radius 1 is 1.17 bits per heavy atom. The number of hydrogen-bond donors (Lipinski definition) is 1. The lowest BCUT2D eigenvalue weighted by molar-refractivity contribution is 0.202. The first-order valence-electron chi connectivity index (χ1n) is 6.49. The Labute approximate surface area is 116 Å². The first-order chi connectivity index (χ1) is 8.67. The van der Waals surface area contributed by atoms with E-state index in [0.29, 0.717) is 11.8 Å². The fourth-order valence-electron chi connectivity index (χ4n) is 1.63. The summed E-state index contributed by atoms with van der Waals surface area (Å²) < 4.78 is 10.9. The van der Waals surface area contributed by atoms with Crippen molar-refractivity contribution in [3.63, 3.8) is 0 Å². The van der Waals surface area contributed by atoms with Gasteiger partial charge in [-0.25, -0.2) is 0 Å². The zero-order valence-electron chi connectivity index (χ0n) is 11.6. The molecular formula is C15H24O2S. The second-order valence-corrected chi connectivity index (χ2v) is 5.25. The molecule has 1 aromatic carbocycles. The van der Waals surface area contributed by atoms with Crippen molar-refractivity contribution in [2.24, 2.45) is 11.8 Å². The summed E-state index contributed by atoms with van der Waals surface area (Å²) in [5, 5.41) is 0.